The Hall–Kier alpha value is -0.680. The van der Waals surface area contributed by atoms with Crippen LogP contribution in [0.1, 0.15) is 45.4 Å². The smallest absolute Gasteiger partial charge is 0.236 e. The van der Waals surface area contributed by atoms with E-state index >= 15 is 0 Å². The number of hydrogen-bond acceptors (Lipinski definition) is 3. The van der Waals surface area contributed by atoms with Gasteiger partial charge in [0, 0.05) is 26.1 Å². The molecule has 0 aliphatic carbocycles. The van der Waals surface area contributed by atoms with Crippen LogP contribution in [0.5, 0.6) is 0 Å². The quantitative estimate of drug-likeness (QED) is 0.756. The van der Waals surface area contributed by atoms with Gasteiger partial charge in [0.05, 0.1) is 11.5 Å². The van der Waals surface area contributed by atoms with E-state index in [1.165, 1.54) is 25.7 Å². The van der Waals surface area contributed by atoms with Crippen LogP contribution < -0.4 is 5.73 Å². The van der Waals surface area contributed by atoms with E-state index in [4.69, 9.17) is 18.0 Å². The molecule has 0 aromatic rings. The summed E-state index contributed by atoms with van der Waals surface area (Å²) in [6.45, 7) is 4.42. The molecule has 110 valence electrons. The Morgan fingerprint density at radius 1 is 1.42 bits per heavy atom. The third-order valence-corrected chi connectivity index (χ3v) is 4.13. The van der Waals surface area contributed by atoms with E-state index < -0.39 is 0 Å². The normalized spacial score (nSPS) is 20.8. The van der Waals surface area contributed by atoms with E-state index in [2.05, 4.69) is 11.8 Å². The number of carbonyl (C=O) groups excluding carboxylic acids is 1. The molecule has 4 nitrogen and oxygen atoms in total. The molecule has 1 saturated heterocycles. The van der Waals surface area contributed by atoms with Crippen molar-refractivity contribution < 1.29 is 4.79 Å². The summed E-state index contributed by atoms with van der Waals surface area (Å²) < 4.78 is 0. The summed E-state index contributed by atoms with van der Waals surface area (Å²) in [4.78, 5) is 16.8. The van der Waals surface area contributed by atoms with Crippen molar-refractivity contribution in [1.29, 1.82) is 0 Å². The van der Waals surface area contributed by atoms with Gasteiger partial charge in [0.25, 0.3) is 0 Å². The monoisotopic (exact) mass is 285 g/mol. The Balaban J connectivity index is 2.45. The fraction of sp³-hybridized carbons (Fsp3) is 0.857. The van der Waals surface area contributed by atoms with Gasteiger partial charge in [-0.3, -0.25) is 9.69 Å². The zero-order valence-corrected chi connectivity index (χ0v) is 13.0. The van der Waals surface area contributed by atoms with Crippen molar-refractivity contribution in [3.05, 3.63) is 0 Å². The highest BCUT2D eigenvalue weighted by molar-refractivity contribution is 7.80. The van der Waals surface area contributed by atoms with E-state index in [1.54, 1.807) is 4.90 Å². The van der Waals surface area contributed by atoms with E-state index in [9.17, 15) is 4.79 Å². The number of hydrogen-bond donors (Lipinski definition) is 1. The van der Waals surface area contributed by atoms with Gasteiger partial charge in [-0.1, -0.05) is 32.0 Å². The maximum absolute atomic E-state index is 12.2. The molecule has 0 aromatic heterocycles. The zero-order chi connectivity index (χ0) is 14.3. The lowest BCUT2D eigenvalue weighted by atomic mass is 10.1. The lowest BCUT2D eigenvalue weighted by Gasteiger charge is -2.30. The number of rotatable bonds is 6. The van der Waals surface area contributed by atoms with Crippen molar-refractivity contribution in [1.82, 2.24) is 9.80 Å². The summed E-state index contributed by atoms with van der Waals surface area (Å²) in [6.07, 6.45) is 6.75. The fourth-order valence-electron chi connectivity index (χ4n) is 2.60. The molecule has 2 N–H and O–H groups in total. The second-order valence-electron chi connectivity index (χ2n) is 5.41. The molecular weight excluding hydrogens is 258 g/mol. The van der Waals surface area contributed by atoms with Gasteiger partial charge in [0.2, 0.25) is 5.91 Å². The molecule has 1 heterocycles. The van der Waals surface area contributed by atoms with Crippen molar-refractivity contribution >= 4 is 23.1 Å². The number of likely N-dealkylation sites (tertiary alicyclic amines) is 1. The Labute approximate surface area is 122 Å². The van der Waals surface area contributed by atoms with Crippen molar-refractivity contribution in [3.8, 4) is 0 Å². The van der Waals surface area contributed by atoms with Gasteiger partial charge in [-0.05, 0) is 25.8 Å². The largest absolute Gasteiger partial charge is 0.393 e. The molecule has 0 bridgehead atoms. The molecule has 1 fully saturated rings. The summed E-state index contributed by atoms with van der Waals surface area (Å²) in [5.41, 5.74) is 5.47. The maximum atomic E-state index is 12.2. The van der Waals surface area contributed by atoms with Crippen LogP contribution in [0.2, 0.25) is 0 Å². The van der Waals surface area contributed by atoms with Crippen LogP contribution in [0.25, 0.3) is 0 Å². The zero-order valence-electron chi connectivity index (χ0n) is 12.2. The first-order valence-electron chi connectivity index (χ1n) is 7.31. The summed E-state index contributed by atoms with van der Waals surface area (Å²) in [5, 5.41) is 0. The molecule has 1 aliphatic heterocycles. The Morgan fingerprint density at radius 3 is 2.79 bits per heavy atom. The van der Waals surface area contributed by atoms with Crippen LogP contribution in [0.15, 0.2) is 0 Å². The number of nitrogens with two attached hydrogens (primary N) is 1. The standard InChI is InChI=1S/C14H27N3OS/c1-3-12-7-5-4-6-9-17(12)11-14(18)16(2)10-8-13(15)19/h12H,3-11H2,1-2H3,(H2,15,19). The van der Waals surface area contributed by atoms with E-state index in [1.807, 2.05) is 7.05 Å². The first-order valence-corrected chi connectivity index (χ1v) is 7.71. The molecule has 0 spiro atoms. The lowest BCUT2D eigenvalue weighted by Crippen LogP contribution is -2.43. The van der Waals surface area contributed by atoms with Gasteiger partial charge >= 0.3 is 0 Å². The summed E-state index contributed by atoms with van der Waals surface area (Å²) in [6, 6.07) is 0.565. The third kappa shape index (κ3) is 5.87. The average molecular weight is 285 g/mol. The van der Waals surface area contributed by atoms with E-state index in [0.29, 0.717) is 30.5 Å². The number of carbonyl (C=O) groups is 1. The van der Waals surface area contributed by atoms with Crippen LogP contribution in [0.3, 0.4) is 0 Å². The van der Waals surface area contributed by atoms with Crippen LogP contribution in [0.4, 0.5) is 0 Å². The summed E-state index contributed by atoms with van der Waals surface area (Å²) >= 11 is 4.85. The molecule has 0 saturated carbocycles. The first kappa shape index (κ1) is 16.4. The minimum atomic E-state index is 0.177. The third-order valence-electron chi connectivity index (χ3n) is 3.93. The molecule has 1 atom stereocenters. The Kier molecular flexibility index (Phi) is 7.31. The second-order valence-corrected chi connectivity index (χ2v) is 5.94. The van der Waals surface area contributed by atoms with Gasteiger partial charge in [0.1, 0.15) is 0 Å². The predicted molar refractivity (Wildman–Crippen MR) is 83.2 cm³/mol. The fourth-order valence-corrected chi connectivity index (χ4v) is 2.70. The number of nitrogens with zero attached hydrogens (tertiary/aromatic N) is 2. The van der Waals surface area contributed by atoms with Crippen LogP contribution in [-0.4, -0.2) is 53.4 Å². The lowest BCUT2D eigenvalue weighted by molar-refractivity contribution is -0.131. The molecule has 0 radical (unpaired) electrons. The molecule has 0 aromatic carbocycles. The highest BCUT2D eigenvalue weighted by Gasteiger charge is 2.22. The second kappa shape index (κ2) is 8.48. The molecule has 1 amide bonds. The number of thiocarbonyl (C=S) groups is 1. The van der Waals surface area contributed by atoms with Crippen LogP contribution >= 0.6 is 12.2 Å². The van der Waals surface area contributed by atoms with Gasteiger partial charge in [0.15, 0.2) is 0 Å². The van der Waals surface area contributed by atoms with Crippen molar-refractivity contribution in [2.75, 3.05) is 26.7 Å². The predicted octanol–water partition coefficient (Wildman–Crippen LogP) is 1.78. The van der Waals surface area contributed by atoms with Crippen molar-refractivity contribution in [3.63, 3.8) is 0 Å². The topological polar surface area (TPSA) is 49.6 Å². The molecule has 1 unspecified atom stereocenters. The van der Waals surface area contributed by atoms with Gasteiger partial charge < -0.3 is 10.6 Å². The van der Waals surface area contributed by atoms with Gasteiger partial charge in [-0.15, -0.1) is 0 Å². The van der Waals surface area contributed by atoms with E-state index in [0.717, 1.165) is 13.0 Å². The Bertz CT molecular complexity index is 309. The maximum Gasteiger partial charge on any atom is 0.236 e. The SMILES string of the molecule is CCC1CCCCCN1CC(=O)N(C)CCC(N)=S. The van der Waals surface area contributed by atoms with Gasteiger partial charge in [-0.25, -0.2) is 0 Å². The Morgan fingerprint density at radius 2 is 2.16 bits per heavy atom. The highest BCUT2D eigenvalue weighted by atomic mass is 32.1. The minimum absolute atomic E-state index is 0.177. The highest BCUT2D eigenvalue weighted by Crippen LogP contribution is 2.18. The molecular formula is C14H27N3OS. The van der Waals surface area contributed by atoms with Crippen LogP contribution in [-0.2, 0) is 4.79 Å². The summed E-state index contributed by atoms with van der Waals surface area (Å²) in [7, 11) is 1.83. The molecule has 19 heavy (non-hydrogen) atoms. The van der Waals surface area contributed by atoms with Gasteiger partial charge in [-0.2, -0.15) is 0 Å². The van der Waals surface area contributed by atoms with E-state index in [-0.39, 0.29) is 5.91 Å². The van der Waals surface area contributed by atoms with Crippen molar-refractivity contribution in [2.45, 2.75) is 51.5 Å². The molecule has 1 aliphatic rings. The van der Waals surface area contributed by atoms with Crippen LogP contribution in [0, 0.1) is 0 Å². The summed E-state index contributed by atoms with van der Waals surface area (Å²) in [5.74, 6) is 0.177. The molecule has 5 heteroatoms. The van der Waals surface area contributed by atoms with Crippen molar-refractivity contribution in [2.24, 2.45) is 5.73 Å². The number of likely N-dealkylation sites (N-methyl/N-ethyl adjacent to an activating group) is 1. The molecule has 1 rings (SSSR count). The average Bonchev–Trinajstić information content (AvgIpc) is 2.60. The minimum Gasteiger partial charge on any atom is -0.393 e. The number of amides is 1. The first-order chi connectivity index (χ1) is 9.04.